The molecule has 1 aromatic rings. The number of nitrogens with zero attached hydrogens (tertiary/aromatic N) is 2. The second kappa shape index (κ2) is 6.79. The number of carbonyl (C=O) groups excluding carboxylic acids is 1. The molecule has 0 spiro atoms. The van der Waals surface area contributed by atoms with Crippen LogP contribution in [0.1, 0.15) is 43.0 Å². The van der Waals surface area contributed by atoms with E-state index in [1.165, 1.54) is 18.7 Å². The number of carbonyl (C=O) groups is 1. The molecule has 1 fully saturated rings. The van der Waals surface area contributed by atoms with E-state index in [4.69, 9.17) is 5.73 Å². The van der Waals surface area contributed by atoms with Crippen molar-refractivity contribution in [2.45, 2.75) is 38.6 Å². The van der Waals surface area contributed by atoms with Gasteiger partial charge in [0, 0.05) is 18.8 Å². The minimum absolute atomic E-state index is 0.148. The van der Waals surface area contributed by atoms with Crippen molar-refractivity contribution < 1.29 is 9.18 Å². The van der Waals surface area contributed by atoms with Crippen molar-refractivity contribution in [1.29, 1.82) is 0 Å². The SMILES string of the molecule is CCN(C(=O)c1cncc(F)c1)C1CCCCC1CN. The van der Waals surface area contributed by atoms with E-state index in [1.54, 1.807) is 0 Å². The van der Waals surface area contributed by atoms with Crippen molar-refractivity contribution in [2.75, 3.05) is 13.1 Å². The third-order valence-electron chi connectivity index (χ3n) is 4.13. The van der Waals surface area contributed by atoms with E-state index in [0.29, 0.717) is 24.6 Å². The lowest BCUT2D eigenvalue weighted by Gasteiger charge is -2.39. The van der Waals surface area contributed by atoms with Crippen molar-refractivity contribution in [1.82, 2.24) is 9.88 Å². The van der Waals surface area contributed by atoms with E-state index in [-0.39, 0.29) is 11.9 Å². The maximum atomic E-state index is 13.2. The Kier molecular flexibility index (Phi) is 5.06. The summed E-state index contributed by atoms with van der Waals surface area (Å²) in [5.74, 6) is -0.287. The molecule has 2 rings (SSSR count). The van der Waals surface area contributed by atoms with Crippen LogP contribution in [0.3, 0.4) is 0 Å². The highest BCUT2D eigenvalue weighted by molar-refractivity contribution is 5.94. The van der Waals surface area contributed by atoms with Crippen LogP contribution in [0.5, 0.6) is 0 Å². The van der Waals surface area contributed by atoms with Crippen molar-refractivity contribution in [3.63, 3.8) is 0 Å². The molecule has 0 aromatic carbocycles. The maximum Gasteiger partial charge on any atom is 0.255 e. The number of rotatable bonds is 4. The predicted molar refractivity (Wildman–Crippen MR) is 75.7 cm³/mol. The third kappa shape index (κ3) is 3.15. The van der Waals surface area contributed by atoms with Crippen LogP contribution in [0.4, 0.5) is 4.39 Å². The summed E-state index contributed by atoms with van der Waals surface area (Å²) in [6.45, 7) is 3.15. The predicted octanol–water partition coefficient (Wildman–Crippen LogP) is 2.20. The molecule has 4 nitrogen and oxygen atoms in total. The minimum atomic E-state index is -0.481. The number of halogens is 1. The standard InChI is InChI=1S/C15H22FN3O/c1-2-19(14-6-4-3-5-11(14)8-17)15(20)12-7-13(16)10-18-9-12/h7,9-11,14H,2-6,8,17H2,1H3. The molecule has 1 aliphatic carbocycles. The molecular formula is C15H22FN3O. The summed E-state index contributed by atoms with van der Waals surface area (Å²) in [6, 6.07) is 1.41. The van der Waals surface area contributed by atoms with Crippen LogP contribution in [-0.2, 0) is 0 Å². The van der Waals surface area contributed by atoms with Gasteiger partial charge in [0.15, 0.2) is 0 Å². The summed E-state index contributed by atoms with van der Waals surface area (Å²) in [5.41, 5.74) is 6.15. The molecule has 0 saturated heterocycles. The van der Waals surface area contributed by atoms with Crippen molar-refractivity contribution >= 4 is 5.91 Å². The van der Waals surface area contributed by atoms with Gasteiger partial charge < -0.3 is 10.6 Å². The van der Waals surface area contributed by atoms with E-state index in [9.17, 15) is 9.18 Å². The second-order valence-corrected chi connectivity index (χ2v) is 5.33. The van der Waals surface area contributed by atoms with E-state index < -0.39 is 5.82 Å². The van der Waals surface area contributed by atoms with Gasteiger partial charge in [0.25, 0.3) is 5.91 Å². The Morgan fingerprint density at radius 1 is 1.45 bits per heavy atom. The average Bonchev–Trinajstić information content (AvgIpc) is 2.48. The number of amides is 1. The topological polar surface area (TPSA) is 59.2 Å². The van der Waals surface area contributed by atoms with E-state index in [0.717, 1.165) is 25.5 Å². The first-order chi connectivity index (χ1) is 9.67. The summed E-state index contributed by atoms with van der Waals surface area (Å²) in [5, 5.41) is 0. The Bertz CT molecular complexity index is 466. The molecular weight excluding hydrogens is 257 g/mol. The van der Waals surface area contributed by atoms with Gasteiger partial charge in [0.05, 0.1) is 11.8 Å². The van der Waals surface area contributed by atoms with Crippen molar-refractivity contribution in [2.24, 2.45) is 11.7 Å². The van der Waals surface area contributed by atoms with E-state index in [1.807, 2.05) is 11.8 Å². The Morgan fingerprint density at radius 2 is 2.20 bits per heavy atom. The van der Waals surface area contributed by atoms with Crippen molar-refractivity contribution in [3.05, 3.63) is 29.8 Å². The van der Waals surface area contributed by atoms with Crippen LogP contribution in [0, 0.1) is 11.7 Å². The van der Waals surface area contributed by atoms with Gasteiger partial charge in [-0.3, -0.25) is 9.78 Å². The zero-order valence-corrected chi connectivity index (χ0v) is 11.9. The van der Waals surface area contributed by atoms with Gasteiger partial charge in [-0.1, -0.05) is 12.8 Å². The van der Waals surface area contributed by atoms with Gasteiger partial charge >= 0.3 is 0 Å². The largest absolute Gasteiger partial charge is 0.336 e. The first-order valence-electron chi connectivity index (χ1n) is 7.29. The quantitative estimate of drug-likeness (QED) is 0.919. The summed E-state index contributed by atoms with van der Waals surface area (Å²) in [6.07, 6.45) is 6.86. The first-order valence-corrected chi connectivity index (χ1v) is 7.29. The molecule has 2 atom stereocenters. The fourth-order valence-electron chi connectivity index (χ4n) is 3.10. The number of aromatic nitrogens is 1. The van der Waals surface area contributed by atoms with Gasteiger partial charge in [0.2, 0.25) is 0 Å². The molecule has 2 N–H and O–H groups in total. The van der Waals surface area contributed by atoms with Gasteiger partial charge in [-0.05, 0) is 38.3 Å². The monoisotopic (exact) mass is 279 g/mol. The van der Waals surface area contributed by atoms with Crippen molar-refractivity contribution in [3.8, 4) is 0 Å². The molecule has 1 aromatic heterocycles. The van der Waals surface area contributed by atoms with Crippen LogP contribution in [0.25, 0.3) is 0 Å². The Morgan fingerprint density at radius 3 is 2.85 bits per heavy atom. The molecule has 0 aliphatic heterocycles. The summed E-state index contributed by atoms with van der Waals surface area (Å²) >= 11 is 0. The van der Waals surface area contributed by atoms with Crippen LogP contribution in [-0.4, -0.2) is 34.9 Å². The molecule has 1 heterocycles. The molecule has 2 unspecified atom stereocenters. The lowest BCUT2D eigenvalue weighted by atomic mass is 9.83. The smallest absolute Gasteiger partial charge is 0.255 e. The molecule has 0 bridgehead atoms. The molecule has 1 saturated carbocycles. The van der Waals surface area contributed by atoms with Gasteiger partial charge in [0.1, 0.15) is 5.82 Å². The normalized spacial score (nSPS) is 22.6. The number of hydrogen-bond acceptors (Lipinski definition) is 3. The molecule has 1 aliphatic rings. The van der Waals surface area contributed by atoms with Crippen LogP contribution >= 0.6 is 0 Å². The fraction of sp³-hybridized carbons (Fsp3) is 0.600. The van der Waals surface area contributed by atoms with E-state index in [2.05, 4.69) is 4.98 Å². The average molecular weight is 279 g/mol. The fourth-order valence-corrected chi connectivity index (χ4v) is 3.10. The van der Waals surface area contributed by atoms with Gasteiger partial charge in [-0.25, -0.2) is 4.39 Å². The Labute approximate surface area is 119 Å². The highest BCUT2D eigenvalue weighted by Gasteiger charge is 2.31. The zero-order chi connectivity index (χ0) is 14.5. The highest BCUT2D eigenvalue weighted by Crippen LogP contribution is 2.28. The van der Waals surface area contributed by atoms with Crippen LogP contribution in [0.2, 0.25) is 0 Å². The molecule has 5 heteroatoms. The first kappa shape index (κ1) is 14.9. The molecule has 110 valence electrons. The number of hydrogen-bond donors (Lipinski definition) is 1. The molecule has 0 radical (unpaired) electrons. The minimum Gasteiger partial charge on any atom is -0.336 e. The summed E-state index contributed by atoms with van der Waals surface area (Å²) in [4.78, 5) is 18.2. The van der Waals surface area contributed by atoms with E-state index >= 15 is 0 Å². The molecule has 20 heavy (non-hydrogen) atoms. The molecule has 1 amide bonds. The number of pyridine rings is 1. The van der Waals surface area contributed by atoms with Gasteiger partial charge in [-0.15, -0.1) is 0 Å². The lowest BCUT2D eigenvalue weighted by Crippen LogP contribution is -2.48. The second-order valence-electron chi connectivity index (χ2n) is 5.33. The lowest BCUT2D eigenvalue weighted by molar-refractivity contribution is 0.0559. The summed E-state index contributed by atoms with van der Waals surface area (Å²) < 4.78 is 13.2. The highest BCUT2D eigenvalue weighted by atomic mass is 19.1. The van der Waals surface area contributed by atoms with Crippen LogP contribution < -0.4 is 5.73 Å². The maximum absolute atomic E-state index is 13.2. The summed E-state index contributed by atoms with van der Waals surface area (Å²) in [7, 11) is 0. The zero-order valence-electron chi connectivity index (χ0n) is 11.9. The Balaban J connectivity index is 2.20. The van der Waals surface area contributed by atoms with Gasteiger partial charge in [-0.2, -0.15) is 0 Å². The Hall–Kier alpha value is -1.49. The van der Waals surface area contributed by atoms with Crippen LogP contribution in [0.15, 0.2) is 18.5 Å². The third-order valence-corrected chi connectivity index (χ3v) is 4.13. The number of nitrogens with two attached hydrogens (primary N) is 1.